The van der Waals surface area contributed by atoms with Gasteiger partial charge >= 0.3 is 0 Å². The van der Waals surface area contributed by atoms with Crippen LogP contribution in [0.3, 0.4) is 0 Å². The number of hydrogen-bond acceptors (Lipinski definition) is 6. The first kappa shape index (κ1) is 24.4. The molecule has 36 heavy (non-hydrogen) atoms. The molecule has 0 unspecified atom stereocenters. The molecule has 2 atom stereocenters. The minimum Gasteiger partial charge on any atom is -0.424 e. The van der Waals surface area contributed by atoms with Crippen LogP contribution in [0.4, 0.5) is 17.1 Å². The molecule has 9 heteroatoms. The summed E-state index contributed by atoms with van der Waals surface area (Å²) >= 11 is 5.21. The zero-order valence-electron chi connectivity index (χ0n) is 20.9. The van der Waals surface area contributed by atoms with E-state index in [4.69, 9.17) is 19.0 Å². The van der Waals surface area contributed by atoms with Crippen LogP contribution in [0.2, 0.25) is 0 Å². The highest BCUT2D eigenvalue weighted by molar-refractivity contribution is 9.10. The van der Waals surface area contributed by atoms with E-state index in [2.05, 4.69) is 89.0 Å². The first-order chi connectivity index (χ1) is 17.3. The number of thiophene rings is 1. The number of nitrogens with zero attached hydrogens (tertiary/aromatic N) is 4. The standard InChI is InChI=1S/C27H30BrN4O2PS/c1-18-27(2,3)21-16-24-22(17-23(21)31(18)4)29-26(25-6-5-15-36-25)34-35(24,32-11-13-33-14-12-32)30-20-9-7-19(28)8-10-20/h5-10,15-18H,11-14H2,1-4H3/t18-,35+/m1/s1. The third-order valence-corrected chi connectivity index (χ3v) is 12.2. The molecule has 0 N–H and O–H groups in total. The van der Waals surface area contributed by atoms with Gasteiger partial charge in [-0.2, -0.15) is 0 Å². The monoisotopic (exact) mass is 584 g/mol. The highest BCUT2D eigenvalue weighted by Crippen LogP contribution is 2.61. The van der Waals surface area contributed by atoms with Crippen molar-refractivity contribution in [3.63, 3.8) is 0 Å². The van der Waals surface area contributed by atoms with Crippen LogP contribution < -0.4 is 10.2 Å². The van der Waals surface area contributed by atoms with E-state index in [0.717, 1.165) is 39.1 Å². The Morgan fingerprint density at radius 1 is 1.14 bits per heavy atom. The molecule has 0 amide bonds. The molecule has 0 bridgehead atoms. The lowest BCUT2D eigenvalue weighted by Crippen LogP contribution is -2.39. The van der Waals surface area contributed by atoms with Crippen LogP contribution in [0.25, 0.3) is 0 Å². The molecule has 2 aromatic carbocycles. The first-order valence-corrected chi connectivity index (χ1v) is 15.5. The number of benzene rings is 2. The predicted octanol–water partition coefficient (Wildman–Crippen LogP) is 7.06. The number of likely N-dealkylation sites (N-methyl/N-ethyl adjacent to an activating group) is 1. The minimum absolute atomic E-state index is 0.00482. The van der Waals surface area contributed by atoms with E-state index in [1.54, 1.807) is 11.3 Å². The van der Waals surface area contributed by atoms with E-state index < -0.39 is 7.43 Å². The molecule has 4 heterocycles. The summed E-state index contributed by atoms with van der Waals surface area (Å²) in [5, 5.41) is 3.17. The van der Waals surface area contributed by atoms with Gasteiger partial charge in [0.2, 0.25) is 13.3 Å². The van der Waals surface area contributed by atoms with Crippen molar-refractivity contribution in [1.29, 1.82) is 0 Å². The second-order valence-corrected chi connectivity index (χ2v) is 14.4. The fourth-order valence-corrected chi connectivity index (χ4v) is 9.26. The number of hydrogen-bond donors (Lipinski definition) is 0. The van der Waals surface area contributed by atoms with Gasteiger partial charge in [-0.1, -0.05) is 35.8 Å². The summed E-state index contributed by atoms with van der Waals surface area (Å²) in [7, 11) is -0.513. The average molecular weight is 586 g/mol. The number of morpholine rings is 1. The summed E-state index contributed by atoms with van der Waals surface area (Å²) in [5.41, 5.74) is 4.43. The molecule has 188 valence electrons. The molecule has 3 aromatic rings. The van der Waals surface area contributed by atoms with E-state index in [0.29, 0.717) is 25.2 Å². The van der Waals surface area contributed by atoms with Crippen molar-refractivity contribution in [1.82, 2.24) is 4.67 Å². The van der Waals surface area contributed by atoms with Crippen LogP contribution >= 0.6 is 34.7 Å². The normalized spacial score (nSPS) is 25.1. The number of aliphatic imine (C=N–C) groups is 1. The van der Waals surface area contributed by atoms with E-state index in [1.165, 1.54) is 11.3 Å². The smallest absolute Gasteiger partial charge is 0.242 e. The summed E-state index contributed by atoms with van der Waals surface area (Å²) in [5.74, 6) is 0.658. The second kappa shape index (κ2) is 9.10. The molecule has 0 saturated carbocycles. The average Bonchev–Trinajstić information content (AvgIpc) is 3.48. The van der Waals surface area contributed by atoms with Crippen LogP contribution in [0.5, 0.6) is 0 Å². The van der Waals surface area contributed by atoms with E-state index >= 15 is 0 Å². The Balaban J connectivity index is 1.66. The maximum absolute atomic E-state index is 7.05. The topological polar surface area (TPSA) is 49.7 Å². The molecule has 0 spiro atoms. The zero-order chi connectivity index (χ0) is 25.1. The molecule has 3 aliphatic rings. The lowest BCUT2D eigenvalue weighted by atomic mass is 9.81. The quantitative estimate of drug-likeness (QED) is 0.309. The van der Waals surface area contributed by atoms with Gasteiger partial charge in [-0.3, -0.25) is 0 Å². The minimum atomic E-state index is -2.70. The first-order valence-electron chi connectivity index (χ1n) is 12.2. The number of rotatable bonds is 3. The van der Waals surface area contributed by atoms with Crippen molar-refractivity contribution in [2.75, 3.05) is 38.3 Å². The van der Waals surface area contributed by atoms with Gasteiger partial charge < -0.3 is 14.2 Å². The van der Waals surface area contributed by atoms with Crippen LogP contribution in [0.15, 0.2) is 68.1 Å². The van der Waals surface area contributed by atoms with Crippen molar-refractivity contribution in [2.45, 2.75) is 32.2 Å². The Kier molecular flexibility index (Phi) is 6.17. The zero-order valence-corrected chi connectivity index (χ0v) is 24.2. The Bertz CT molecular complexity index is 1380. The van der Waals surface area contributed by atoms with Gasteiger partial charge in [-0.05, 0) is 60.3 Å². The molecule has 6 nitrogen and oxygen atoms in total. The third-order valence-electron chi connectivity index (χ3n) is 7.72. The van der Waals surface area contributed by atoms with Crippen molar-refractivity contribution in [3.8, 4) is 0 Å². The highest BCUT2D eigenvalue weighted by atomic mass is 79.9. The molecule has 0 aliphatic carbocycles. The summed E-state index contributed by atoms with van der Waals surface area (Å²) < 4.78 is 21.7. The maximum atomic E-state index is 7.05. The van der Waals surface area contributed by atoms with Gasteiger partial charge in [-0.15, -0.1) is 11.3 Å². The summed E-state index contributed by atoms with van der Waals surface area (Å²) in [6.45, 7) is 9.82. The molecule has 1 fully saturated rings. The SMILES string of the molecule is C[C@H]1N(C)c2cc3c(cc2C1(C)C)[P@](=Nc1ccc(Br)cc1)(N1CCOCC1)OC(c1cccs1)=N3. The van der Waals surface area contributed by atoms with E-state index in [9.17, 15) is 0 Å². The largest absolute Gasteiger partial charge is 0.424 e. The fourth-order valence-electron chi connectivity index (χ4n) is 5.25. The van der Waals surface area contributed by atoms with Gasteiger partial charge in [-0.25, -0.2) is 14.4 Å². The molecule has 1 aromatic heterocycles. The molecule has 6 rings (SSSR count). The van der Waals surface area contributed by atoms with Crippen LogP contribution in [0, 0.1) is 0 Å². The molecule has 3 aliphatic heterocycles. The number of halogens is 1. The van der Waals surface area contributed by atoms with E-state index in [1.807, 2.05) is 18.2 Å². The Labute approximate surface area is 225 Å². The Morgan fingerprint density at radius 2 is 1.89 bits per heavy atom. The molecular weight excluding hydrogens is 555 g/mol. The number of fused-ring (bicyclic) bond motifs is 2. The van der Waals surface area contributed by atoms with Crippen molar-refractivity contribution in [2.24, 2.45) is 9.74 Å². The highest BCUT2D eigenvalue weighted by Gasteiger charge is 2.46. The number of anilines is 1. The Morgan fingerprint density at radius 3 is 2.58 bits per heavy atom. The summed E-state index contributed by atoms with van der Waals surface area (Å²) in [4.78, 5) is 8.50. The fraction of sp³-hybridized carbons (Fsp3) is 0.370. The summed E-state index contributed by atoms with van der Waals surface area (Å²) in [6.07, 6.45) is 0. The predicted molar refractivity (Wildman–Crippen MR) is 154 cm³/mol. The molecule has 0 radical (unpaired) electrons. The van der Waals surface area contributed by atoms with Gasteiger partial charge in [0.15, 0.2) is 0 Å². The molecule has 1 saturated heterocycles. The molecular formula is C27H30BrN4O2PS. The van der Waals surface area contributed by atoms with Gasteiger partial charge in [0.05, 0.1) is 34.8 Å². The lowest BCUT2D eigenvalue weighted by molar-refractivity contribution is 0.0716. The third kappa shape index (κ3) is 3.89. The maximum Gasteiger partial charge on any atom is 0.242 e. The van der Waals surface area contributed by atoms with Gasteiger partial charge in [0, 0.05) is 41.8 Å². The van der Waals surface area contributed by atoms with E-state index in [-0.39, 0.29) is 5.41 Å². The van der Waals surface area contributed by atoms with Crippen LogP contribution in [-0.4, -0.2) is 50.0 Å². The van der Waals surface area contributed by atoms with Crippen molar-refractivity contribution in [3.05, 3.63) is 68.8 Å². The van der Waals surface area contributed by atoms with Gasteiger partial charge in [0.1, 0.15) is 0 Å². The summed E-state index contributed by atoms with van der Waals surface area (Å²) in [6, 6.07) is 17.3. The lowest BCUT2D eigenvalue weighted by Gasteiger charge is -2.40. The number of ether oxygens (including phenoxy) is 1. The van der Waals surface area contributed by atoms with Gasteiger partial charge in [0.25, 0.3) is 0 Å². The Hall–Kier alpha value is -1.96. The van der Waals surface area contributed by atoms with Crippen molar-refractivity contribution >= 4 is 63.0 Å². The van der Waals surface area contributed by atoms with Crippen LogP contribution in [0.1, 0.15) is 31.2 Å². The second-order valence-electron chi connectivity index (χ2n) is 10.0. The van der Waals surface area contributed by atoms with Crippen molar-refractivity contribution < 1.29 is 9.26 Å². The van der Waals surface area contributed by atoms with Crippen LogP contribution in [-0.2, 0) is 14.7 Å².